The minimum Gasteiger partial charge on any atom is -0.309 e. The summed E-state index contributed by atoms with van der Waals surface area (Å²) < 4.78 is 2.02. The first-order chi connectivity index (χ1) is 9.31. The van der Waals surface area contributed by atoms with Crippen molar-refractivity contribution in [3.05, 3.63) is 16.9 Å². The van der Waals surface area contributed by atoms with Gasteiger partial charge in [0.05, 0.1) is 23.0 Å². The molecule has 1 heterocycles. The first kappa shape index (κ1) is 17.5. The zero-order valence-corrected chi connectivity index (χ0v) is 14.6. The van der Waals surface area contributed by atoms with E-state index in [9.17, 15) is 0 Å². The van der Waals surface area contributed by atoms with Gasteiger partial charge in [-0.05, 0) is 37.6 Å². The van der Waals surface area contributed by atoms with Gasteiger partial charge in [0.25, 0.3) is 0 Å². The standard InChI is InChI=1S/C16H30ClN3/c1-7-9-18-14(10-12(3)16(4,5)6)15-13(17)11-19-20(15)8-2/h11-12,14,18H,7-10H2,1-6H3. The Kier molecular flexibility index (Phi) is 6.53. The van der Waals surface area contributed by atoms with Crippen LogP contribution in [0.25, 0.3) is 0 Å². The summed E-state index contributed by atoms with van der Waals surface area (Å²) >= 11 is 6.37. The number of halogens is 1. The molecule has 20 heavy (non-hydrogen) atoms. The Morgan fingerprint density at radius 2 is 2.00 bits per heavy atom. The van der Waals surface area contributed by atoms with Crippen molar-refractivity contribution in [2.75, 3.05) is 6.54 Å². The van der Waals surface area contributed by atoms with Crippen molar-refractivity contribution in [3.8, 4) is 0 Å². The van der Waals surface area contributed by atoms with E-state index < -0.39 is 0 Å². The molecule has 0 aromatic carbocycles. The largest absolute Gasteiger partial charge is 0.309 e. The highest BCUT2D eigenvalue weighted by molar-refractivity contribution is 6.31. The topological polar surface area (TPSA) is 29.9 Å². The van der Waals surface area contributed by atoms with Crippen molar-refractivity contribution >= 4 is 11.6 Å². The van der Waals surface area contributed by atoms with Gasteiger partial charge in [-0.3, -0.25) is 4.68 Å². The van der Waals surface area contributed by atoms with Crippen molar-refractivity contribution in [2.24, 2.45) is 11.3 Å². The smallest absolute Gasteiger partial charge is 0.0834 e. The average molecular weight is 300 g/mol. The van der Waals surface area contributed by atoms with Crippen molar-refractivity contribution < 1.29 is 0 Å². The van der Waals surface area contributed by atoms with E-state index in [0.717, 1.165) is 36.6 Å². The summed E-state index contributed by atoms with van der Waals surface area (Å²) in [5, 5.41) is 8.80. The van der Waals surface area contributed by atoms with Gasteiger partial charge in [0.2, 0.25) is 0 Å². The molecule has 1 aromatic heterocycles. The molecule has 0 saturated heterocycles. The van der Waals surface area contributed by atoms with Gasteiger partial charge >= 0.3 is 0 Å². The van der Waals surface area contributed by atoms with E-state index in [4.69, 9.17) is 11.6 Å². The molecule has 2 unspecified atom stereocenters. The first-order valence-corrected chi connectivity index (χ1v) is 8.13. The van der Waals surface area contributed by atoms with Crippen LogP contribution in [0.5, 0.6) is 0 Å². The van der Waals surface area contributed by atoms with Crippen LogP contribution >= 0.6 is 11.6 Å². The number of aromatic nitrogens is 2. The maximum atomic E-state index is 6.37. The molecule has 2 atom stereocenters. The highest BCUT2D eigenvalue weighted by atomic mass is 35.5. The molecule has 0 aliphatic rings. The molecule has 1 N–H and O–H groups in total. The molecule has 0 spiro atoms. The summed E-state index contributed by atoms with van der Waals surface area (Å²) in [5.41, 5.74) is 1.44. The second kappa shape index (κ2) is 7.46. The lowest BCUT2D eigenvalue weighted by atomic mass is 9.78. The zero-order chi connectivity index (χ0) is 15.3. The van der Waals surface area contributed by atoms with Gasteiger partial charge in [-0.2, -0.15) is 5.10 Å². The third-order valence-corrected chi connectivity index (χ3v) is 4.46. The molecule has 0 fully saturated rings. The van der Waals surface area contributed by atoms with Crippen LogP contribution in [0.2, 0.25) is 5.02 Å². The molecule has 0 amide bonds. The molecule has 1 aromatic rings. The summed E-state index contributed by atoms with van der Waals surface area (Å²) in [6.45, 7) is 15.4. The van der Waals surface area contributed by atoms with Gasteiger partial charge in [-0.1, -0.05) is 46.2 Å². The van der Waals surface area contributed by atoms with Crippen LogP contribution in [0, 0.1) is 11.3 Å². The molecule has 4 heteroatoms. The molecular formula is C16H30ClN3. The van der Waals surface area contributed by atoms with Crippen LogP contribution in [0.1, 0.15) is 66.1 Å². The Bertz CT molecular complexity index is 406. The van der Waals surface area contributed by atoms with Crippen molar-refractivity contribution in [1.29, 1.82) is 0 Å². The van der Waals surface area contributed by atoms with Gasteiger partial charge < -0.3 is 5.32 Å². The number of aryl methyl sites for hydroxylation is 1. The molecule has 3 nitrogen and oxygen atoms in total. The highest BCUT2D eigenvalue weighted by Gasteiger charge is 2.27. The minimum absolute atomic E-state index is 0.277. The summed E-state index contributed by atoms with van der Waals surface area (Å²) in [5.74, 6) is 0.605. The summed E-state index contributed by atoms with van der Waals surface area (Å²) in [6.07, 6.45) is 3.97. The lowest BCUT2D eigenvalue weighted by Gasteiger charge is -2.31. The number of nitrogens with zero attached hydrogens (tertiary/aromatic N) is 2. The average Bonchev–Trinajstić information content (AvgIpc) is 2.74. The number of hydrogen-bond donors (Lipinski definition) is 1. The predicted molar refractivity (Wildman–Crippen MR) is 87.2 cm³/mol. The third-order valence-electron chi connectivity index (χ3n) is 4.17. The summed E-state index contributed by atoms with van der Waals surface area (Å²) in [4.78, 5) is 0. The lowest BCUT2D eigenvalue weighted by Crippen LogP contribution is -2.30. The number of nitrogens with one attached hydrogen (secondary N) is 1. The summed E-state index contributed by atoms with van der Waals surface area (Å²) in [7, 11) is 0. The monoisotopic (exact) mass is 299 g/mol. The van der Waals surface area contributed by atoms with Crippen molar-refractivity contribution in [2.45, 2.75) is 67.0 Å². The van der Waals surface area contributed by atoms with Crippen LogP contribution in [0.4, 0.5) is 0 Å². The Morgan fingerprint density at radius 1 is 1.35 bits per heavy atom. The molecule has 0 saturated carbocycles. The van der Waals surface area contributed by atoms with Crippen LogP contribution in [0.3, 0.4) is 0 Å². The fraction of sp³-hybridized carbons (Fsp3) is 0.812. The first-order valence-electron chi connectivity index (χ1n) is 7.75. The molecule has 116 valence electrons. The number of rotatable bonds is 7. The van der Waals surface area contributed by atoms with Crippen molar-refractivity contribution in [3.63, 3.8) is 0 Å². The Hall–Kier alpha value is -0.540. The van der Waals surface area contributed by atoms with E-state index in [1.54, 1.807) is 6.20 Å². The van der Waals surface area contributed by atoms with Gasteiger partial charge in [0.15, 0.2) is 0 Å². The second-order valence-corrected chi connectivity index (χ2v) is 7.11. The van der Waals surface area contributed by atoms with E-state index in [2.05, 4.69) is 52.0 Å². The SMILES string of the molecule is CCCNC(CC(C)C(C)(C)C)c1c(Cl)cnn1CC. The molecule has 0 bridgehead atoms. The highest BCUT2D eigenvalue weighted by Crippen LogP contribution is 2.35. The van der Waals surface area contributed by atoms with E-state index >= 15 is 0 Å². The van der Waals surface area contributed by atoms with Gasteiger partial charge in [-0.25, -0.2) is 0 Å². The Labute approximate surface area is 129 Å². The van der Waals surface area contributed by atoms with E-state index in [-0.39, 0.29) is 6.04 Å². The van der Waals surface area contributed by atoms with E-state index in [1.807, 2.05) is 4.68 Å². The molecule has 0 radical (unpaired) electrons. The van der Waals surface area contributed by atoms with Gasteiger partial charge in [0.1, 0.15) is 0 Å². The van der Waals surface area contributed by atoms with E-state index in [0.29, 0.717) is 11.3 Å². The lowest BCUT2D eigenvalue weighted by molar-refractivity contribution is 0.220. The van der Waals surface area contributed by atoms with Crippen LogP contribution < -0.4 is 5.32 Å². The van der Waals surface area contributed by atoms with Gasteiger partial charge in [-0.15, -0.1) is 0 Å². The maximum absolute atomic E-state index is 6.37. The zero-order valence-electron chi connectivity index (χ0n) is 13.8. The molecular weight excluding hydrogens is 270 g/mol. The minimum atomic E-state index is 0.277. The fourth-order valence-corrected chi connectivity index (χ4v) is 2.56. The maximum Gasteiger partial charge on any atom is 0.0834 e. The fourth-order valence-electron chi connectivity index (χ4n) is 2.29. The van der Waals surface area contributed by atoms with Gasteiger partial charge in [0, 0.05) is 6.54 Å². The number of hydrogen-bond acceptors (Lipinski definition) is 2. The third kappa shape index (κ3) is 4.49. The predicted octanol–water partition coefficient (Wildman–Crippen LogP) is 4.67. The molecule has 0 aliphatic heterocycles. The molecule has 0 aliphatic carbocycles. The summed E-state index contributed by atoms with van der Waals surface area (Å²) in [6, 6.07) is 0.277. The molecule has 1 rings (SSSR count). The van der Waals surface area contributed by atoms with Crippen LogP contribution in [0.15, 0.2) is 6.20 Å². The normalized spacial score (nSPS) is 15.3. The Balaban J connectivity index is 2.96. The Morgan fingerprint density at radius 3 is 2.50 bits per heavy atom. The second-order valence-electron chi connectivity index (χ2n) is 6.70. The quantitative estimate of drug-likeness (QED) is 0.793. The van der Waals surface area contributed by atoms with Crippen LogP contribution in [-0.4, -0.2) is 16.3 Å². The van der Waals surface area contributed by atoms with Crippen molar-refractivity contribution in [1.82, 2.24) is 15.1 Å². The van der Waals surface area contributed by atoms with Crippen LogP contribution in [-0.2, 0) is 6.54 Å². The van der Waals surface area contributed by atoms with E-state index in [1.165, 1.54) is 0 Å².